The molecule has 1 aliphatic rings. The summed E-state index contributed by atoms with van der Waals surface area (Å²) in [6.45, 7) is 14.8. The van der Waals surface area contributed by atoms with E-state index in [1.165, 1.54) is 49.0 Å². The van der Waals surface area contributed by atoms with E-state index < -0.39 is 0 Å². The van der Waals surface area contributed by atoms with Gasteiger partial charge in [-0.2, -0.15) is 0 Å². The lowest BCUT2D eigenvalue weighted by molar-refractivity contribution is -0.948. The van der Waals surface area contributed by atoms with Crippen molar-refractivity contribution in [3.8, 4) is 0 Å². The largest absolute Gasteiger partial charge is 0.318 e. The fraction of sp³-hybridized carbons (Fsp3) is 0.833. The van der Waals surface area contributed by atoms with E-state index in [2.05, 4.69) is 27.4 Å². The molecule has 2 atom stereocenters. The lowest BCUT2D eigenvalue weighted by atomic mass is 9.98. The summed E-state index contributed by atoms with van der Waals surface area (Å²) in [4.78, 5) is 0. The Morgan fingerprint density at radius 3 is 2.62 bits per heavy atom. The molecule has 1 heterocycles. The van der Waals surface area contributed by atoms with Crippen molar-refractivity contribution >= 4 is 0 Å². The molecule has 1 aliphatic heterocycles. The Kier molecular flexibility index (Phi) is 3.55. The lowest BCUT2D eigenvalue weighted by Gasteiger charge is -2.46. The Morgan fingerprint density at radius 2 is 2.15 bits per heavy atom. The highest BCUT2D eigenvalue weighted by atomic mass is 15.4. The third-order valence-corrected chi connectivity index (χ3v) is 3.62. The Balaban J connectivity index is 2.69. The molecule has 1 nitrogen and oxygen atoms in total. The van der Waals surface area contributed by atoms with Gasteiger partial charge in [0.15, 0.2) is 0 Å². The molecule has 0 amide bonds. The molecule has 0 aromatic rings. The lowest BCUT2D eigenvalue weighted by Crippen LogP contribution is -2.57. The number of hydrogen-bond donors (Lipinski definition) is 0. The van der Waals surface area contributed by atoms with Crippen molar-refractivity contribution in [1.29, 1.82) is 0 Å². The first kappa shape index (κ1) is 10.8. The number of likely N-dealkylation sites (tertiary alicyclic amines) is 1. The predicted octanol–water partition coefficient (Wildman–Crippen LogP) is 2.97. The summed E-state index contributed by atoms with van der Waals surface area (Å²) in [5, 5.41) is 0. The third-order valence-electron chi connectivity index (χ3n) is 3.62. The second kappa shape index (κ2) is 4.28. The molecule has 0 spiro atoms. The molecule has 1 rings (SSSR count). The zero-order chi connectivity index (χ0) is 9.90. The van der Waals surface area contributed by atoms with E-state index in [1.807, 2.05) is 0 Å². The zero-order valence-electron chi connectivity index (χ0n) is 9.47. The summed E-state index contributed by atoms with van der Waals surface area (Å²) in [5.74, 6) is 0. The molecule has 0 aliphatic carbocycles. The minimum atomic E-state index is 0.843. The quantitative estimate of drug-likeness (QED) is 0.465. The fourth-order valence-electron chi connectivity index (χ4n) is 2.71. The van der Waals surface area contributed by atoms with Crippen molar-refractivity contribution in [2.45, 2.75) is 46.1 Å². The van der Waals surface area contributed by atoms with Crippen LogP contribution >= 0.6 is 0 Å². The van der Waals surface area contributed by atoms with Crippen LogP contribution in [-0.4, -0.2) is 30.2 Å². The van der Waals surface area contributed by atoms with Crippen LogP contribution in [0.15, 0.2) is 12.2 Å². The van der Waals surface area contributed by atoms with Gasteiger partial charge in [0.25, 0.3) is 0 Å². The SMILES string of the molecule is C=C(C)C[N+]1(CC)CCCC[C@H]1C. The summed E-state index contributed by atoms with van der Waals surface area (Å²) in [6, 6.07) is 0.843. The van der Waals surface area contributed by atoms with Crippen LogP contribution in [0, 0.1) is 0 Å². The maximum absolute atomic E-state index is 4.06. The van der Waals surface area contributed by atoms with E-state index in [4.69, 9.17) is 0 Å². The van der Waals surface area contributed by atoms with Crippen LogP contribution in [0.5, 0.6) is 0 Å². The van der Waals surface area contributed by atoms with Crippen molar-refractivity contribution in [2.24, 2.45) is 0 Å². The summed E-state index contributed by atoms with van der Waals surface area (Å²) in [6.07, 6.45) is 4.24. The zero-order valence-corrected chi connectivity index (χ0v) is 9.47. The van der Waals surface area contributed by atoms with Gasteiger partial charge in [-0.05, 0) is 45.6 Å². The second-order valence-electron chi connectivity index (χ2n) is 4.72. The number of nitrogens with zero attached hydrogens (tertiary/aromatic N) is 1. The molecule has 13 heavy (non-hydrogen) atoms. The standard InChI is InChI=1S/C12H24N/c1-5-13(10-11(2)3)9-7-6-8-12(13)4/h12H,2,5-10H2,1,3-4H3/q+1/t12-,13?/m1/s1. The Morgan fingerprint density at radius 1 is 1.46 bits per heavy atom. The van der Waals surface area contributed by atoms with Crippen molar-refractivity contribution in [3.63, 3.8) is 0 Å². The van der Waals surface area contributed by atoms with Gasteiger partial charge in [0.1, 0.15) is 0 Å². The second-order valence-corrected chi connectivity index (χ2v) is 4.72. The van der Waals surface area contributed by atoms with Crippen molar-refractivity contribution < 1.29 is 4.48 Å². The van der Waals surface area contributed by atoms with Gasteiger partial charge >= 0.3 is 0 Å². The van der Waals surface area contributed by atoms with Crippen LogP contribution in [0.3, 0.4) is 0 Å². The van der Waals surface area contributed by atoms with Crippen LogP contribution < -0.4 is 0 Å². The molecular weight excluding hydrogens is 158 g/mol. The molecule has 1 heteroatoms. The van der Waals surface area contributed by atoms with Gasteiger partial charge in [-0.1, -0.05) is 6.58 Å². The maximum Gasteiger partial charge on any atom is 0.0999 e. The summed E-state index contributed by atoms with van der Waals surface area (Å²) < 4.78 is 1.29. The predicted molar refractivity (Wildman–Crippen MR) is 58.7 cm³/mol. The topological polar surface area (TPSA) is 0 Å². The Hall–Kier alpha value is -0.300. The molecule has 0 saturated carbocycles. The summed E-state index contributed by atoms with van der Waals surface area (Å²) in [5.41, 5.74) is 1.34. The van der Waals surface area contributed by atoms with Gasteiger partial charge in [0.05, 0.1) is 25.7 Å². The van der Waals surface area contributed by atoms with Crippen LogP contribution in [0.25, 0.3) is 0 Å². The third kappa shape index (κ3) is 2.34. The Labute approximate surface area is 83.0 Å². The van der Waals surface area contributed by atoms with Gasteiger partial charge in [0, 0.05) is 0 Å². The fourth-order valence-corrected chi connectivity index (χ4v) is 2.71. The summed E-state index contributed by atoms with van der Waals surface area (Å²) in [7, 11) is 0. The van der Waals surface area contributed by atoms with Gasteiger partial charge in [-0.3, -0.25) is 0 Å². The van der Waals surface area contributed by atoms with E-state index >= 15 is 0 Å². The molecule has 1 unspecified atom stereocenters. The molecule has 0 aromatic carbocycles. The number of likely N-dealkylation sites (N-methyl/N-ethyl adjacent to an activating group) is 1. The minimum Gasteiger partial charge on any atom is -0.318 e. The molecule has 0 radical (unpaired) electrons. The van der Waals surface area contributed by atoms with Crippen LogP contribution in [0.2, 0.25) is 0 Å². The average Bonchev–Trinajstić information content (AvgIpc) is 2.08. The van der Waals surface area contributed by atoms with E-state index in [9.17, 15) is 0 Å². The first-order valence-corrected chi connectivity index (χ1v) is 5.61. The molecule has 1 saturated heterocycles. The number of quaternary nitrogens is 1. The van der Waals surface area contributed by atoms with E-state index in [1.54, 1.807) is 0 Å². The van der Waals surface area contributed by atoms with Crippen molar-refractivity contribution in [1.82, 2.24) is 0 Å². The first-order chi connectivity index (χ1) is 6.10. The van der Waals surface area contributed by atoms with Crippen LogP contribution in [0.4, 0.5) is 0 Å². The van der Waals surface area contributed by atoms with E-state index in [-0.39, 0.29) is 0 Å². The molecule has 0 aromatic heterocycles. The van der Waals surface area contributed by atoms with Crippen LogP contribution in [-0.2, 0) is 0 Å². The minimum absolute atomic E-state index is 0.843. The van der Waals surface area contributed by atoms with Crippen molar-refractivity contribution in [2.75, 3.05) is 19.6 Å². The monoisotopic (exact) mass is 182 g/mol. The summed E-state index contributed by atoms with van der Waals surface area (Å²) >= 11 is 0. The number of piperidine rings is 1. The molecule has 0 bridgehead atoms. The maximum atomic E-state index is 4.06. The average molecular weight is 182 g/mol. The van der Waals surface area contributed by atoms with Gasteiger partial charge in [-0.15, -0.1) is 0 Å². The highest BCUT2D eigenvalue weighted by molar-refractivity contribution is 4.89. The van der Waals surface area contributed by atoms with Gasteiger partial charge in [-0.25, -0.2) is 0 Å². The first-order valence-electron chi connectivity index (χ1n) is 5.61. The number of rotatable bonds is 3. The molecular formula is C12H24N+. The van der Waals surface area contributed by atoms with Gasteiger partial charge in [0.2, 0.25) is 0 Å². The molecule has 0 N–H and O–H groups in total. The highest BCUT2D eigenvalue weighted by Crippen LogP contribution is 2.26. The molecule has 76 valence electrons. The number of hydrogen-bond acceptors (Lipinski definition) is 0. The Bertz CT molecular complexity index is 186. The van der Waals surface area contributed by atoms with Crippen molar-refractivity contribution in [3.05, 3.63) is 12.2 Å². The smallest absolute Gasteiger partial charge is 0.0999 e. The van der Waals surface area contributed by atoms with Gasteiger partial charge < -0.3 is 4.48 Å². The molecule has 1 fully saturated rings. The normalized spacial score (nSPS) is 34.5. The highest BCUT2D eigenvalue weighted by Gasteiger charge is 2.34. The van der Waals surface area contributed by atoms with E-state index in [0.29, 0.717) is 0 Å². The van der Waals surface area contributed by atoms with E-state index in [0.717, 1.165) is 6.04 Å². The van der Waals surface area contributed by atoms with Crippen LogP contribution in [0.1, 0.15) is 40.0 Å².